The van der Waals surface area contributed by atoms with E-state index in [9.17, 15) is 4.79 Å². The summed E-state index contributed by atoms with van der Waals surface area (Å²) >= 11 is 0. The Bertz CT molecular complexity index is 235. The lowest BCUT2D eigenvalue weighted by Gasteiger charge is -2.50. The van der Waals surface area contributed by atoms with Crippen molar-refractivity contribution in [3.8, 4) is 0 Å². The summed E-state index contributed by atoms with van der Waals surface area (Å²) in [7, 11) is 0. The van der Waals surface area contributed by atoms with Crippen LogP contribution < -0.4 is 5.73 Å². The average molecular weight is 200 g/mol. The predicted molar refractivity (Wildman–Crippen MR) is 55.0 cm³/mol. The molecule has 1 atom stereocenters. The lowest BCUT2D eigenvalue weighted by molar-refractivity contribution is -0.0204. The number of nitrogens with zero attached hydrogens (tertiary/aromatic N) is 1. The Balaban J connectivity index is 2.97. The Morgan fingerprint density at radius 3 is 2.36 bits per heavy atom. The maximum Gasteiger partial charge on any atom is 0.408 e. The first-order valence-corrected chi connectivity index (χ1v) is 5.08. The molecule has 0 bridgehead atoms. The molecule has 1 aliphatic heterocycles. The van der Waals surface area contributed by atoms with Gasteiger partial charge in [-0.05, 0) is 24.7 Å². The smallest absolute Gasteiger partial charge is 0.408 e. The number of nitrogens with two attached hydrogens (primary N) is 1. The Hall–Kier alpha value is -0.770. The van der Waals surface area contributed by atoms with Crippen molar-refractivity contribution in [2.45, 2.75) is 45.7 Å². The molecule has 0 aliphatic carbocycles. The zero-order chi connectivity index (χ0) is 11.0. The summed E-state index contributed by atoms with van der Waals surface area (Å²) in [5.74, 6) is 0. The van der Waals surface area contributed by atoms with E-state index in [1.807, 2.05) is 20.8 Å². The molecule has 0 aromatic heterocycles. The van der Waals surface area contributed by atoms with Gasteiger partial charge in [-0.15, -0.1) is 0 Å². The van der Waals surface area contributed by atoms with Crippen molar-refractivity contribution in [2.24, 2.45) is 11.1 Å². The quantitative estimate of drug-likeness (QED) is 0.627. The van der Waals surface area contributed by atoms with Crippen LogP contribution in [0.25, 0.3) is 0 Å². The first kappa shape index (κ1) is 11.3. The highest BCUT2D eigenvalue weighted by molar-refractivity contribution is 5.66. The molecular formula is C10H20N2O2. The fourth-order valence-corrected chi connectivity index (χ4v) is 2.05. The maximum absolute atomic E-state index is 11.1. The van der Waals surface area contributed by atoms with Gasteiger partial charge in [-0.1, -0.05) is 20.8 Å². The highest BCUT2D eigenvalue weighted by atomic mass is 16.4. The summed E-state index contributed by atoms with van der Waals surface area (Å²) in [5, 5.41) is 9.08. The topological polar surface area (TPSA) is 66.6 Å². The Morgan fingerprint density at radius 1 is 1.43 bits per heavy atom. The molecule has 0 aromatic carbocycles. The predicted octanol–water partition coefficient (Wildman–Crippen LogP) is 1.85. The molecule has 0 saturated carbocycles. The number of hydrogen-bond acceptors (Lipinski definition) is 2. The van der Waals surface area contributed by atoms with Crippen LogP contribution in [0, 0.1) is 5.41 Å². The van der Waals surface area contributed by atoms with E-state index in [2.05, 4.69) is 0 Å². The van der Waals surface area contributed by atoms with Crippen LogP contribution in [0.3, 0.4) is 0 Å². The van der Waals surface area contributed by atoms with Crippen LogP contribution >= 0.6 is 0 Å². The standard InChI is InChI=1S/C10H20N2O2/c1-9(2,3)10(11)6-4-5-7-12(10)8(13)14/h4-7,11H2,1-3H3,(H,13,14)/t10-/m1/s1. The summed E-state index contributed by atoms with van der Waals surface area (Å²) in [6.45, 7) is 6.54. The van der Waals surface area contributed by atoms with Gasteiger partial charge in [0.15, 0.2) is 0 Å². The Morgan fingerprint density at radius 2 is 2.00 bits per heavy atom. The van der Waals surface area contributed by atoms with E-state index in [1.54, 1.807) is 0 Å². The minimum absolute atomic E-state index is 0.216. The molecule has 1 rings (SSSR count). The first-order chi connectivity index (χ1) is 6.29. The van der Waals surface area contributed by atoms with E-state index >= 15 is 0 Å². The van der Waals surface area contributed by atoms with Crippen molar-refractivity contribution in [1.82, 2.24) is 4.90 Å². The molecule has 3 N–H and O–H groups in total. The molecule has 1 heterocycles. The zero-order valence-electron chi connectivity index (χ0n) is 9.21. The van der Waals surface area contributed by atoms with E-state index in [0.29, 0.717) is 6.54 Å². The number of piperidine rings is 1. The number of amides is 1. The molecule has 1 amide bonds. The van der Waals surface area contributed by atoms with E-state index in [0.717, 1.165) is 19.3 Å². The number of rotatable bonds is 0. The number of carbonyl (C=O) groups is 1. The highest BCUT2D eigenvalue weighted by Gasteiger charge is 2.46. The normalized spacial score (nSPS) is 29.0. The van der Waals surface area contributed by atoms with Crippen molar-refractivity contribution >= 4 is 6.09 Å². The molecule has 1 aliphatic rings. The summed E-state index contributed by atoms with van der Waals surface area (Å²) in [4.78, 5) is 12.5. The van der Waals surface area contributed by atoms with Gasteiger partial charge in [0, 0.05) is 6.54 Å². The number of hydrogen-bond donors (Lipinski definition) is 2. The number of carboxylic acid groups (broad SMARTS) is 1. The second-order valence-electron chi connectivity index (χ2n) is 5.07. The van der Waals surface area contributed by atoms with Crippen molar-refractivity contribution in [2.75, 3.05) is 6.54 Å². The highest BCUT2D eigenvalue weighted by Crippen LogP contribution is 2.38. The first-order valence-electron chi connectivity index (χ1n) is 5.08. The molecule has 0 spiro atoms. The monoisotopic (exact) mass is 200 g/mol. The van der Waals surface area contributed by atoms with E-state index in [4.69, 9.17) is 10.8 Å². The summed E-state index contributed by atoms with van der Waals surface area (Å²) in [6.07, 6.45) is 1.78. The molecule has 0 aromatic rings. The Labute approximate surface area is 85.1 Å². The van der Waals surface area contributed by atoms with Gasteiger partial charge in [-0.3, -0.25) is 4.90 Å². The molecule has 4 heteroatoms. The molecular weight excluding hydrogens is 180 g/mol. The van der Waals surface area contributed by atoms with Crippen LogP contribution in [0.2, 0.25) is 0 Å². The van der Waals surface area contributed by atoms with Gasteiger partial charge in [0.1, 0.15) is 0 Å². The second-order valence-corrected chi connectivity index (χ2v) is 5.07. The van der Waals surface area contributed by atoms with E-state index in [1.165, 1.54) is 4.90 Å². The minimum Gasteiger partial charge on any atom is -0.465 e. The zero-order valence-corrected chi connectivity index (χ0v) is 9.21. The van der Waals surface area contributed by atoms with Crippen molar-refractivity contribution in [1.29, 1.82) is 0 Å². The van der Waals surface area contributed by atoms with Crippen LogP contribution in [-0.2, 0) is 0 Å². The SMILES string of the molecule is CC(C)(C)[C@@]1(N)CCCCN1C(=O)O. The van der Waals surface area contributed by atoms with E-state index < -0.39 is 11.8 Å². The molecule has 0 unspecified atom stereocenters. The van der Waals surface area contributed by atoms with Crippen molar-refractivity contribution < 1.29 is 9.90 Å². The Kier molecular flexibility index (Phi) is 2.76. The third kappa shape index (κ3) is 1.71. The van der Waals surface area contributed by atoms with Gasteiger partial charge in [-0.2, -0.15) is 0 Å². The van der Waals surface area contributed by atoms with Crippen molar-refractivity contribution in [3.05, 3.63) is 0 Å². The number of likely N-dealkylation sites (tertiary alicyclic amines) is 1. The van der Waals surface area contributed by atoms with Gasteiger partial charge < -0.3 is 10.8 Å². The molecule has 1 fully saturated rings. The fourth-order valence-electron chi connectivity index (χ4n) is 2.05. The van der Waals surface area contributed by atoms with Gasteiger partial charge in [0.25, 0.3) is 0 Å². The van der Waals surface area contributed by atoms with Gasteiger partial charge >= 0.3 is 6.09 Å². The third-order valence-electron chi connectivity index (χ3n) is 3.20. The average Bonchev–Trinajstić information content (AvgIpc) is 2.02. The van der Waals surface area contributed by atoms with E-state index in [-0.39, 0.29) is 5.41 Å². The lowest BCUT2D eigenvalue weighted by Crippen LogP contribution is -2.67. The maximum atomic E-state index is 11.1. The summed E-state index contributed by atoms with van der Waals surface area (Å²) in [5.41, 5.74) is 5.30. The van der Waals surface area contributed by atoms with Gasteiger partial charge in [-0.25, -0.2) is 4.79 Å². The molecule has 14 heavy (non-hydrogen) atoms. The molecule has 0 radical (unpaired) electrons. The van der Waals surface area contributed by atoms with Crippen LogP contribution in [0.5, 0.6) is 0 Å². The van der Waals surface area contributed by atoms with Crippen LogP contribution in [0.15, 0.2) is 0 Å². The molecule has 82 valence electrons. The van der Waals surface area contributed by atoms with Gasteiger partial charge in [0.05, 0.1) is 5.66 Å². The van der Waals surface area contributed by atoms with Crippen LogP contribution in [-0.4, -0.2) is 28.3 Å². The van der Waals surface area contributed by atoms with Gasteiger partial charge in [0.2, 0.25) is 0 Å². The largest absolute Gasteiger partial charge is 0.465 e. The summed E-state index contributed by atoms with van der Waals surface area (Å²) < 4.78 is 0. The molecule has 4 nitrogen and oxygen atoms in total. The second kappa shape index (κ2) is 3.42. The third-order valence-corrected chi connectivity index (χ3v) is 3.20. The minimum atomic E-state index is -0.901. The summed E-state index contributed by atoms with van der Waals surface area (Å²) in [6, 6.07) is 0. The molecule has 1 saturated heterocycles. The fraction of sp³-hybridized carbons (Fsp3) is 0.900. The van der Waals surface area contributed by atoms with Crippen LogP contribution in [0.1, 0.15) is 40.0 Å². The van der Waals surface area contributed by atoms with Crippen molar-refractivity contribution in [3.63, 3.8) is 0 Å². The van der Waals surface area contributed by atoms with Crippen LogP contribution in [0.4, 0.5) is 4.79 Å². The lowest BCUT2D eigenvalue weighted by atomic mass is 9.75.